The van der Waals surface area contributed by atoms with Crippen LogP contribution in [0.15, 0.2) is 53.0 Å². The van der Waals surface area contributed by atoms with Gasteiger partial charge in [-0.25, -0.2) is 4.79 Å². The molecule has 0 heterocycles. The van der Waals surface area contributed by atoms with Gasteiger partial charge in [0.25, 0.3) is 0 Å². The van der Waals surface area contributed by atoms with Gasteiger partial charge in [-0.05, 0) is 47.9 Å². The Morgan fingerprint density at radius 2 is 1.74 bits per heavy atom. The molecule has 0 aromatic heterocycles. The van der Waals surface area contributed by atoms with Gasteiger partial charge in [0.2, 0.25) is 0 Å². The zero-order valence-electron chi connectivity index (χ0n) is 13.3. The first-order chi connectivity index (χ1) is 11.0. The summed E-state index contributed by atoms with van der Waals surface area (Å²) >= 11 is 3.35. The number of halogens is 1. The molecule has 0 fully saturated rings. The summed E-state index contributed by atoms with van der Waals surface area (Å²) in [4.78, 5) is 11.7. The molecule has 5 heteroatoms. The molecule has 0 unspecified atom stereocenters. The van der Waals surface area contributed by atoms with Crippen molar-refractivity contribution in [2.24, 2.45) is 0 Å². The largest absolute Gasteiger partial charge is 0.492 e. The van der Waals surface area contributed by atoms with Gasteiger partial charge in [-0.15, -0.1) is 0 Å². The van der Waals surface area contributed by atoms with Crippen molar-refractivity contribution in [1.29, 1.82) is 0 Å². The van der Waals surface area contributed by atoms with Crippen molar-refractivity contribution in [3.63, 3.8) is 0 Å². The Labute approximate surface area is 145 Å². The summed E-state index contributed by atoms with van der Waals surface area (Å²) in [5.41, 5.74) is 2.03. The van der Waals surface area contributed by atoms with Crippen LogP contribution in [-0.4, -0.2) is 19.2 Å². The average Bonchev–Trinajstić information content (AvgIpc) is 2.54. The fourth-order valence-corrected chi connectivity index (χ4v) is 2.26. The van der Waals surface area contributed by atoms with Crippen LogP contribution < -0.4 is 15.4 Å². The number of ether oxygens (including phenoxy) is 1. The quantitative estimate of drug-likeness (QED) is 0.713. The van der Waals surface area contributed by atoms with E-state index in [1.807, 2.05) is 36.4 Å². The Morgan fingerprint density at radius 1 is 1.09 bits per heavy atom. The van der Waals surface area contributed by atoms with E-state index in [1.165, 1.54) is 5.56 Å². The Kier molecular flexibility index (Phi) is 6.47. The third-order valence-corrected chi connectivity index (χ3v) is 3.83. The predicted molar refractivity (Wildman–Crippen MR) is 97.2 cm³/mol. The second kappa shape index (κ2) is 8.58. The van der Waals surface area contributed by atoms with Crippen LogP contribution in [0.3, 0.4) is 0 Å². The Balaban J connectivity index is 1.68. The Morgan fingerprint density at radius 3 is 2.35 bits per heavy atom. The van der Waals surface area contributed by atoms with E-state index in [9.17, 15) is 4.79 Å². The minimum Gasteiger partial charge on any atom is -0.492 e. The number of hydrogen-bond acceptors (Lipinski definition) is 2. The first-order valence-electron chi connectivity index (χ1n) is 7.58. The number of benzene rings is 2. The number of urea groups is 1. The van der Waals surface area contributed by atoms with Crippen LogP contribution in [0.5, 0.6) is 5.75 Å². The second-order valence-electron chi connectivity index (χ2n) is 5.46. The fraction of sp³-hybridized carbons (Fsp3) is 0.278. The lowest BCUT2D eigenvalue weighted by Gasteiger charge is -2.10. The molecule has 4 nitrogen and oxygen atoms in total. The van der Waals surface area contributed by atoms with Gasteiger partial charge in [-0.2, -0.15) is 0 Å². The summed E-state index contributed by atoms with van der Waals surface area (Å²) < 4.78 is 6.58. The van der Waals surface area contributed by atoms with Crippen LogP contribution in [0.1, 0.15) is 25.3 Å². The molecule has 23 heavy (non-hydrogen) atoms. The molecule has 0 bridgehead atoms. The molecular weight excluding hydrogens is 356 g/mol. The maximum absolute atomic E-state index is 11.7. The van der Waals surface area contributed by atoms with Crippen molar-refractivity contribution in [2.75, 3.05) is 18.5 Å². The Bertz CT molecular complexity index is 624. The summed E-state index contributed by atoms with van der Waals surface area (Å²) in [6.45, 7) is 5.18. The van der Waals surface area contributed by atoms with E-state index in [1.54, 1.807) is 0 Å². The lowest BCUT2D eigenvalue weighted by molar-refractivity contribution is 0.247. The molecular formula is C18H21BrN2O2. The highest BCUT2D eigenvalue weighted by Gasteiger charge is 2.02. The van der Waals surface area contributed by atoms with Crippen molar-refractivity contribution < 1.29 is 9.53 Å². The smallest absolute Gasteiger partial charge is 0.319 e. The molecule has 2 rings (SSSR count). The van der Waals surface area contributed by atoms with Crippen LogP contribution in [-0.2, 0) is 0 Å². The van der Waals surface area contributed by atoms with Gasteiger partial charge in [0.1, 0.15) is 12.4 Å². The molecule has 0 spiro atoms. The lowest BCUT2D eigenvalue weighted by Crippen LogP contribution is -2.32. The zero-order valence-corrected chi connectivity index (χ0v) is 14.9. The normalized spacial score (nSPS) is 10.4. The van der Waals surface area contributed by atoms with Gasteiger partial charge < -0.3 is 15.4 Å². The third kappa shape index (κ3) is 5.94. The van der Waals surface area contributed by atoms with Crippen LogP contribution in [0.4, 0.5) is 10.5 Å². The number of rotatable bonds is 6. The highest BCUT2D eigenvalue weighted by Crippen LogP contribution is 2.18. The number of nitrogens with one attached hydrogen (secondary N) is 2. The predicted octanol–water partition coefficient (Wildman–Crippen LogP) is 4.77. The van der Waals surface area contributed by atoms with Gasteiger partial charge in [0.05, 0.1) is 6.54 Å². The first kappa shape index (κ1) is 17.3. The van der Waals surface area contributed by atoms with Crippen molar-refractivity contribution in [1.82, 2.24) is 5.32 Å². The van der Waals surface area contributed by atoms with Gasteiger partial charge in [0.15, 0.2) is 0 Å². The van der Waals surface area contributed by atoms with Crippen LogP contribution in [0, 0.1) is 0 Å². The van der Waals surface area contributed by atoms with E-state index in [0.717, 1.165) is 15.9 Å². The molecule has 0 aliphatic rings. The SMILES string of the molecule is CC(C)c1ccc(OCCNC(=O)Nc2ccc(Br)cc2)cc1. The molecule has 0 aliphatic heterocycles. The molecule has 0 radical (unpaired) electrons. The van der Waals surface area contributed by atoms with Crippen LogP contribution >= 0.6 is 15.9 Å². The van der Waals surface area contributed by atoms with Crippen molar-refractivity contribution in [3.05, 3.63) is 58.6 Å². The Hall–Kier alpha value is -2.01. The van der Waals surface area contributed by atoms with Gasteiger partial charge in [-0.3, -0.25) is 0 Å². The monoisotopic (exact) mass is 376 g/mol. The van der Waals surface area contributed by atoms with Crippen molar-refractivity contribution in [3.8, 4) is 5.75 Å². The highest BCUT2D eigenvalue weighted by atomic mass is 79.9. The van der Waals surface area contributed by atoms with Gasteiger partial charge >= 0.3 is 6.03 Å². The maximum Gasteiger partial charge on any atom is 0.319 e. The minimum absolute atomic E-state index is 0.244. The first-order valence-corrected chi connectivity index (χ1v) is 8.37. The molecule has 0 aliphatic carbocycles. The molecule has 2 N–H and O–H groups in total. The van der Waals surface area contributed by atoms with E-state index in [4.69, 9.17) is 4.74 Å². The molecule has 122 valence electrons. The van der Waals surface area contributed by atoms with Crippen molar-refractivity contribution >= 4 is 27.6 Å². The number of anilines is 1. The molecule has 2 amide bonds. The highest BCUT2D eigenvalue weighted by molar-refractivity contribution is 9.10. The minimum atomic E-state index is -0.244. The third-order valence-electron chi connectivity index (χ3n) is 3.31. The standard InChI is InChI=1S/C18H21BrN2O2/c1-13(2)14-3-9-17(10-4-14)23-12-11-20-18(22)21-16-7-5-15(19)6-8-16/h3-10,13H,11-12H2,1-2H3,(H2,20,21,22). The summed E-state index contributed by atoms with van der Waals surface area (Å²) in [5, 5.41) is 5.52. The molecule has 0 saturated heterocycles. The number of carbonyl (C=O) groups is 1. The van der Waals surface area contributed by atoms with E-state index in [2.05, 4.69) is 52.5 Å². The summed E-state index contributed by atoms with van der Waals surface area (Å²) in [6, 6.07) is 15.2. The molecule has 2 aromatic rings. The number of carbonyl (C=O) groups excluding carboxylic acids is 1. The second-order valence-corrected chi connectivity index (χ2v) is 6.38. The van der Waals surface area contributed by atoms with E-state index in [-0.39, 0.29) is 6.03 Å². The number of hydrogen-bond donors (Lipinski definition) is 2. The van der Waals surface area contributed by atoms with Crippen LogP contribution in [0.2, 0.25) is 0 Å². The van der Waals surface area contributed by atoms with E-state index >= 15 is 0 Å². The average molecular weight is 377 g/mol. The van der Waals surface area contributed by atoms with E-state index in [0.29, 0.717) is 19.1 Å². The molecule has 2 aromatic carbocycles. The zero-order chi connectivity index (χ0) is 16.7. The molecule has 0 saturated carbocycles. The lowest BCUT2D eigenvalue weighted by atomic mass is 10.0. The van der Waals surface area contributed by atoms with Crippen LogP contribution in [0.25, 0.3) is 0 Å². The number of amides is 2. The van der Waals surface area contributed by atoms with Gasteiger partial charge in [-0.1, -0.05) is 41.9 Å². The van der Waals surface area contributed by atoms with E-state index < -0.39 is 0 Å². The maximum atomic E-state index is 11.7. The summed E-state index contributed by atoms with van der Waals surface area (Å²) in [6.07, 6.45) is 0. The van der Waals surface area contributed by atoms with Gasteiger partial charge in [0, 0.05) is 10.2 Å². The topological polar surface area (TPSA) is 50.4 Å². The molecule has 0 atom stereocenters. The fourth-order valence-electron chi connectivity index (χ4n) is 1.99. The van der Waals surface area contributed by atoms with Crippen molar-refractivity contribution in [2.45, 2.75) is 19.8 Å². The summed E-state index contributed by atoms with van der Waals surface area (Å²) in [7, 11) is 0. The summed E-state index contributed by atoms with van der Waals surface area (Å²) in [5.74, 6) is 1.32.